The fourth-order valence-electron chi connectivity index (χ4n) is 6.12. The van der Waals surface area contributed by atoms with Crippen molar-refractivity contribution in [2.45, 2.75) is 58.3 Å². The SMILES string of the molecule is CC1CCC(c2ccc3c(c2)CC2(CC2)C(=O)N3)N(c2cc3c4c(c(N)nc3cn2)COC4)C1. The Morgan fingerprint density at radius 2 is 2.03 bits per heavy atom. The maximum atomic E-state index is 12.5. The molecule has 4 aliphatic rings. The number of benzene rings is 1. The first-order valence-corrected chi connectivity index (χ1v) is 12.4. The van der Waals surface area contributed by atoms with Crippen molar-refractivity contribution in [1.29, 1.82) is 0 Å². The summed E-state index contributed by atoms with van der Waals surface area (Å²) >= 11 is 0. The molecule has 1 saturated heterocycles. The van der Waals surface area contributed by atoms with Gasteiger partial charge in [-0.25, -0.2) is 9.97 Å². The van der Waals surface area contributed by atoms with Gasteiger partial charge < -0.3 is 20.7 Å². The normalized spacial score (nSPS) is 24.7. The number of nitrogens with one attached hydrogen (secondary N) is 1. The van der Waals surface area contributed by atoms with E-state index in [9.17, 15) is 4.79 Å². The van der Waals surface area contributed by atoms with Gasteiger partial charge in [-0.15, -0.1) is 0 Å². The first-order chi connectivity index (χ1) is 16.5. The maximum Gasteiger partial charge on any atom is 0.230 e. The number of hydrogen-bond acceptors (Lipinski definition) is 6. The molecule has 0 bridgehead atoms. The minimum atomic E-state index is -0.149. The number of pyridine rings is 2. The van der Waals surface area contributed by atoms with E-state index in [-0.39, 0.29) is 17.4 Å². The Labute approximate surface area is 198 Å². The summed E-state index contributed by atoms with van der Waals surface area (Å²) < 4.78 is 5.70. The Bertz CT molecular complexity index is 1350. The van der Waals surface area contributed by atoms with Crippen molar-refractivity contribution in [3.63, 3.8) is 0 Å². The van der Waals surface area contributed by atoms with E-state index in [2.05, 4.69) is 46.4 Å². The lowest BCUT2D eigenvalue weighted by Gasteiger charge is -2.40. The van der Waals surface area contributed by atoms with E-state index >= 15 is 0 Å². The van der Waals surface area contributed by atoms with Crippen LogP contribution < -0.4 is 16.0 Å². The van der Waals surface area contributed by atoms with Crippen molar-refractivity contribution in [2.24, 2.45) is 11.3 Å². The predicted octanol–water partition coefficient (Wildman–Crippen LogP) is 4.49. The number of carbonyl (C=O) groups is 1. The summed E-state index contributed by atoms with van der Waals surface area (Å²) in [5.74, 6) is 2.33. The number of amides is 1. The average molecular weight is 456 g/mol. The van der Waals surface area contributed by atoms with E-state index < -0.39 is 0 Å². The zero-order chi connectivity index (χ0) is 23.0. The van der Waals surface area contributed by atoms with Crippen LogP contribution in [-0.2, 0) is 29.2 Å². The minimum absolute atomic E-state index is 0.149. The molecule has 7 rings (SSSR count). The number of nitrogens with zero attached hydrogens (tertiary/aromatic N) is 3. The van der Waals surface area contributed by atoms with Gasteiger partial charge in [0.05, 0.1) is 36.4 Å². The number of rotatable bonds is 2. The molecule has 1 saturated carbocycles. The van der Waals surface area contributed by atoms with Gasteiger partial charge in [-0.3, -0.25) is 4.79 Å². The molecular formula is C27H29N5O2. The van der Waals surface area contributed by atoms with Gasteiger partial charge in [0.1, 0.15) is 11.6 Å². The highest BCUT2D eigenvalue weighted by Gasteiger charge is 2.52. The smallest absolute Gasteiger partial charge is 0.230 e. The topological polar surface area (TPSA) is 93.4 Å². The molecule has 2 unspecified atom stereocenters. The van der Waals surface area contributed by atoms with Crippen LogP contribution in [-0.4, -0.2) is 22.4 Å². The lowest BCUT2D eigenvalue weighted by molar-refractivity contribution is -0.121. The molecule has 34 heavy (non-hydrogen) atoms. The highest BCUT2D eigenvalue weighted by atomic mass is 16.5. The molecule has 1 aliphatic carbocycles. The van der Waals surface area contributed by atoms with Crippen LogP contribution in [0.4, 0.5) is 17.3 Å². The third kappa shape index (κ3) is 3.03. The van der Waals surface area contributed by atoms with E-state index in [4.69, 9.17) is 15.5 Å². The molecule has 2 atom stereocenters. The van der Waals surface area contributed by atoms with Gasteiger partial charge >= 0.3 is 0 Å². The van der Waals surface area contributed by atoms with Gasteiger partial charge in [0.2, 0.25) is 5.91 Å². The Morgan fingerprint density at radius 1 is 1.18 bits per heavy atom. The molecule has 3 N–H and O–H groups in total. The predicted molar refractivity (Wildman–Crippen MR) is 131 cm³/mol. The Hall–Kier alpha value is -3.19. The van der Waals surface area contributed by atoms with Crippen LogP contribution in [0.5, 0.6) is 0 Å². The monoisotopic (exact) mass is 455 g/mol. The second kappa shape index (κ2) is 7.15. The molecule has 0 radical (unpaired) electrons. The quantitative estimate of drug-likeness (QED) is 0.591. The highest BCUT2D eigenvalue weighted by molar-refractivity contribution is 6.00. The Morgan fingerprint density at radius 3 is 2.88 bits per heavy atom. The minimum Gasteiger partial charge on any atom is -0.383 e. The maximum absolute atomic E-state index is 12.5. The second-order valence-electron chi connectivity index (χ2n) is 10.7. The second-order valence-corrected chi connectivity index (χ2v) is 10.7. The number of hydrogen-bond donors (Lipinski definition) is 2. The molecule has 3 aliphatic heterocycles. The number of piperidine rings is 1. The number of ether oxygens (including phenoxy) is 1. The molecule has 1 aromatic carbocycles. The third-order valence-corrected chi connectivity index (χ3v) is 8.34. The Balaban J connectivity index is 1.28. The largest absolute Gasteiger partial charge is 0.383 e. The van der Waals surface area contributed by atoms with Gasteiger partial charge in [0.25, 0.3) is 0 Å². The van der Waals surface area contributed by atoms with Crippen LogP contribution in [0.25, 0.3) is 10.9 Å². The number of aromatic nitrogens is 2. The summed E-state index contributed by atoms with van der Waals surface area (Å²) in [5.41, 5.74) is 12.6. The molecule has 2 aromatic heterocycles. The molecule has 3 aromatic rings. The lowest BCUT2D eigenvalue weighted by Crippen LogP contribution is -2.38. The summed E-state index contributed by atoms with van der Waals surface area (Å²) in [4.78, 5) is 24.4. The number of nitrogen functional groups attached to an aromatic ring is 1. The molecular weight excluding hydrogens is 426 g/mol. The molecule has 174 valence electrons. The van der Waals surface area contributed by atoms with Crippen LogP contribution >= 0.6 is 0 Å². The van der Waals surface area contributed by atoms with E-state index in [1.54, 1.807) is 0 Å². The van der Waals surface area contributed by atoms with Crippen LogP contribution in [0, 0.1) is 11.3 Å². The third-order valence-electron chi connectivity index (χ3n) is 8.34. The summed E-state index contributed by atoms with van der Waals surface area (Å²) in [6.45, 7) is 4.37. The lowest BCUT2D eigenvalue weighted by atomic mass is 9.85. The number of nitrogens with two attached hydrogens (primary N) is 1. The zero-order valence-corrected chi connectivity index (χ0v) is 19.4. The Kier molecular flexibility index (Phi) is 4.25. The summed E-state index contributed by atoms with van der Waals surface area (Å²) in [5, 5.41) is 4.24. The van der Waals surface area contributed by atoms with Gasteiger partial charge in [-0.2, -0.15) is 0 Å². The van der Waals surface area contributed by atoms with Crippen molar-refractivity contribution in [1.82, 2.24) is 9.97 Å². The van der Waals surface area contributed by atoms with Crippen molar-refractivity contribution < 1.29 is 9.53 Å². The van der Waals surface area contributed by atoms with Crippen molar-refractivity contribution >= 4 is 34.1 Å². The highest BCUT2D eigenvalue weighted by Crippen LogP contribution is 2.53. The first kappa shape index (κ1) is 20.2. The van der Waals surface area contributed by atoms with E-state index in [1.165, 1.54) is 17.5 Å². The van der Waals surface area contributed by atoms with Gasteiger partial charge in [-0.05, 0) is 66.8 Å². The fraction of sp³-hybridized carbons (Fsp3) is 0.444. The number of anilines is 3. The van der Waals surface area contributed by atoms with Crippen LogP contribution in [0.15, 0.2) is 30.5 Å². The fourth-order valence-corrected chi connectivity index (χ4v) is 6.12. The molecule has 5 heterocycles. The van der Waals surface area contributed by atoms with E-state index in [1.807, 2.05) is 6.20 Å². The summed E-state index contributed by atoms with van der Waals surface area (Å²) in [6.07, 6.45) is 6.99. The van der Waals surface area contributed by atoms with Crippen LogP contribution in [0.2, 0.25) is 0 Å². The molecule has 1 spiro atoms. The van der Waals surface area contributed by atoms with Crippen LogP contribution in [0.3, 0.4) is 0 Å². The van der Waals surface area contributed by atoms with Crippen molar-refractivity contribution in [3.05, 3.63) is 52.7 Å². The van der Waals surface area contributed by atoms with Crippen molar-refractivity contribution in [2.75, 3.05) is 22.5 Å². The zero-order valence-electron chi connectivity index (χ0n) is 19.4. The summed E-state index contributed by atoms with van der Waals surface area (Å²) in [7, 11) is 0. The summed E-state index contributed by atoms with van der Waals surface area (Å²) in [6, 6.07) is 9.05. The number of carbonyl (C=O) groups excluding carboxylic acids is 1. The van der Waals surface area contributed by atoms with E-state index in [0.29, 0.717) is 24.9 Å². The first-order valence-electron chi connectivity index (χ1n) is 12.4. The average Bonchev–Trinajstić information content (AvgIpc) is 3.42. The van der Waals surface area contributed by atoms with Gasteiger partial charge in [0.15, 0.2) is 0 Å². The van der Waals surface area contributed by atoms with Crippen molar-refractivity contribution in [3.8, 4) is 0 Å². The van der Waals surface area contributed by atoms with Gasteiger partial charge in [0, 0.05) is 23.2 Å². The number of fused-ring (bicyclic) bond motifs is 4. The van der Waals surface area contributed by atoms with Crippen LogP contribution in [0.1, 0.15) is 60.9 Å². The van der Waals surface area contributed by atoms with Gasteiger partial charge in [-0.1, -0.05) is 19.1 Å². The molecule has 7 nitrogen and oxygen atoms in total. The molecule has 1 amide bonds. The molecule has 2 fully saturated rings. The standard InChI is InChI=1S/C27H29N5O2/c1-15-2-5-23(16-3-4-21-17(8-16)10-27(6-7-27)26(33)31-21)32(12-15)24-9-18-19-13-34-14-20(19)25(28)30-22(18)11-29-24/h3-4,8-9,11,15,23H,2,5-7,10,12-14H2,1H3,(H2,28,30)(H,31,33). The van der Waals surface area contributed by atoms with E-state index in [0.717, 1.165) is 65.8 Å². The molecule has 7 heteroatoms.